The summed E-state index contributed by atoms with van der Waals surface area (Å²) in [5.41, 5.74) is 1.16. The summed E-state index contributed by atoms with van der Waals surface area (Å²) >= 11 is 0. The van der Waals surface area contributed by atoms with Gasteiger partial charge in [0.2, 0.25) is 5.91 Å². The maximum absolute atomic E-state index is 13.0. The molecule has 1 heterocycles. The van der Waals surface area contributed by atoms with Gasteiger partial charge in [-0.25, -0.2) is 9.37 Å². The molecule has 1 unspecified atom stereocenters. The number of aliphatic hydroxyl groups excluding tert-OH is 1. The van der Waals surface area contributed by atoms with E-state index in [0.717, 1.165) is 5.69 Å². The van der Waals surface area contributed by atoms with Gasteiger partial charge in [0.1, 0.15) is 11.6 Å². The fourth-order valence-electron chi connectivity index (χ4n) is 1.81. The molecule has 0 spiro atoms. The Morgan fingerprint density at radius 2 is 2.10 bits per heavy atom. The van der Waals surface area contributed by atoms with Crippen molar-refractivity contribution in [1.82, 2.24) is 4.98 Å². The summed E-state index contributed by atoms with van der Waals surface area (Å²) in [6, 6.07) is 10.8. The number of aromatic nitrogens is 1. The molecule has 0 saturated carbocycles. The second kappa shape index (κ2) is 6.25. The van der Waals surface area contributed by atoms with Gasteiger partial charge in [-0.3, -0.25) is 4.79 Å². The molecule has 5 heteroatoms. The number of rotatable bonds is 4. The number of hydrogen-bond donors (Lipinski definition) is 2. The molecule has 0 saturated heterocycles. The van der Waals surface area contributed by atoms with Crippen LogP contribution in [-0.4, -0.2) is 16.0 Å². The van der Waals surface area contributed by atoms with Crippen LogP contribution < -0.4 is 5.32 Å². The van der Waals surface area contributed by atoms with E-state index in [-0.39, 0.29) is 12.3 Å². The van der Waals surface area contributed by atoms with Crippen LogP contribution in [0.4, 0.5) is 10.2 Å². The Morgan fingerprint density at radius 3 is 2.80 bits per heavy atom. The van der Waals surface area contributed by atoms with Crippen molar-refractivity contribution >= 4 is 11.7 Å². The molecular weight excluding hydrogens is 259 g/mol. The van der Waals surface area contributed by atoms with E-state index < -0.39 is 11.9 Å². The molecule has 2 rings (SSSR count). The number of benzene rings is 1. The Bertz CT molecular complexity index is 616. The first-order valence-corrected chi connectivity index (χ1v) is 6.21. The van der Waals surface area contributed by atoms with Crippen LogP contribution in [0.3, 0.4) is 0 Å². The van der Waals surface area contributed by atoms with Gasteiger partial charge >= 0.3 is 0 Å². The van der Waals surface area contributed by atoms with Gasteiger partial charge < -0.3 is 10.4 Å². The number of carbonyl (C=O) groups excluding carboxylic acids is 1. The molecule has 1 amide bonds. The van der Waals surface area contributed by atoms with Gasteiger partial charge in [0.15, 0.2) is 0 Å². The summed E-state index contributed by atoms with van der Waals surface area (Å²) in [7, 11) is 0. The van der Waals surface area contributed by atoms with Crippen molar-refractivity contribution in [3.8, 4) is 0 Å². The van der Waals surface area contributed by atoms with Crippen LogP contribution in [0.2, 0.25) is 0 Å². The standard InChI is InChI=1S/C15H15FN2O2/c1-10-4-2-7-14(17-10)18-15(20)9-13(19)11-5-3-6-12(16)8-11/h2-8,13,19H,9H2,1H3,(H,17,18,20). The first kappa shape index (κ1) is 14.1. The van der Waals surface area contributed by atoms with E-state index in [2.05, 4.69) is 10.3 Å². The van der Waals surface area contributed by atoms with Crippen LogP contribution in [0.25, 0.3) is 0 Å². The predicted octanol–water partition coefficient (Wildman–Crippen LogP) is 2.59. The normalized spacial score (nSPS) is 11.9. The van der Waals surface area contributed by atoms with Crippen LogP contribution in [-0.2, 0) is 4.79 Å². The molecule has 0 bridgehead atoms. The molecule has 0 aliphatic heterocycles. The Morgan fingerprint density at radius 1 is 1.35 bits per heavy atom. The Hall–Kier alpha value is -2.27. The second-order valence-electron chi connectivity index (χ2n) is 4.49. The SMILES string of the molecule is Cc1cccc(NC(=O)CC(O)c2cccc(F)c2)n1. The number of carbonyl (C=O) groups is 1. The molecule has 0 aliphatic carbocycles. The maximum atomic E-state index is 13.0. The number of halogens is 1. The number of aliphatic hydroxyl groups is 1. The summed E-state index contributed by atoms with van der Waals surface area (Å²) in [6.45, 7) is 1.82. The Labute approximate surface area is 116 Å². The van der Waals surface area contributed by atoms with Gasteiger partial charge in [-0.1, -0.05) is 18.2 Å². The molecule has 20 heavy (non-hydrogen) atoms. The van der Waals surface area contributed by atoms with Crippen molar-refractivity contribution < 1.29 is 14.3 Å². The smallest absolute Gasteiger partial charge is 0.228 e. The minimum absolute atomic E-state index is 0.154. The highest BCUT2D eigenvalue weighted by Crippen LogP contribution is 2.18. The van der Waals surface area contributed by atoms with Crippen molar-refractivity contribution in [3.63, 3.8) is 0 Å². The van der Waals surface area contributed by atoms with Crippen LogP contribution in [0, 0.1) is 12.7 Å². The summed E-state index contributed by atoms with van der Waals surface area (Å²) in [4.78, 5) is 15.9. The van der Waals surface area contributed by atoms with Crippen molar-refractivity contribution in [3.05, 3.63) is 59.5 Å². The molecule has 0 radical (unpaired) electrons. The quantitative estimate of drug-likeness (QED) is 0.900. The van der Waals surface area contributed by atoms with Gasteiger partial charge in [-0.2, -0.15) is 0 Å². The molecule has 2 N–H and O–H groups in total. The number of pyridine rings is 1. The number of anilines is 1. The highest BCUT2D eigenvalue weighted by Gasteiger charge is 2.14. The van der Waals surface area contributed by atoms with Crippen molar-refractivity contribution in [1.29, 1.82) is 0 Å². The van der Waals surface area contributed by atoms with Gasteiger partial charge in [0.05, 0.1) is 12.5 Å². The molecule has 1 atom stereocenters. The molecule has 1 aromatic heterocycles. The van der Waals surface area contributed by atoms with Crippen LogP contribution in [0.1, 0.15) is 23.8 Å². The molecule has 1 aromatic carbocycles. The van der Waals surface area contributed by atoms with E-state index in [1.165, 1.54) is 18.2 Å². The lowest BCUT2D eigenvalue weighted by molar-refractivity contribution is -0.118. The average molecular weight is 274 g/mol. The average Bonchev–Trinajstić information content (AvgIpc) is 2.38. The second-order valence-corrected chi connectivity index (χ2v) is 4.49. The van der Waals surface area contributed by atoms with Gasteiger partial charge in [0, 0.05) is 5.69 Å². The van der Waals surface area contributed by atoms with Crippen molar-refractivity contribution in [2.45, 2.75) is 19.4 Å². The maximum Gasteiger partial charge on any atom is 0.228 e. The fraction of sp³-hybridized carbons (Fsp3) is 0.200. The predicted molar refractivity (Wildman–Crippen MR) is 73.6 cm³/mol. The Kier molecular flexibility index (Phi) is 4.42. The number of nitrogens with zero attached hydrogens (tertiary/aromatic N) is 1. The third-order valence-corrected chi connectivity index (χ3v) is 2.77. The first-order valence-electron chi connectivity index (χ1n) is 6.21. The number of aryl methyl sites for hydroxylation is 1. The van der Waals surface area contributed by atoms with Gasteiger partial charge in [-0.15, -0.1) is 0 Å². The highest BCUT2D eigenvalue weighted by atomic mass is 19.1. The molecule has 0 fully saturated rings. The molecule has 4 nitrogen and oxygen atoms in total. The zero-order valence-electron chi connectivity index (χ0n) is 11.0. The molecule has 104 valence electrons. The van der Waals surface area contributed by atoms with E-state index >= 15 is 0 Å². The summed E-state index contributed by atoms with van der Waals surface area (Å²) in [5.74, 6) is -0.386. The summed E-state index contributed by atoms with van der Waals surface area (Å²) in [6.07, 6.45) is -1.20. The van der Waals surface area contributed by atoms with Crippen LogP contribution >= 0.6 is 0 Å². The fourth-order valence-corrected chi connectivity index (χ4v) is 1.81. The highest BCUT2D eigenvalue weighted by molar-refractivity contribution is 5.90. The zero-order chi connectivity index (χ0) is 14.5. The van der Waals surface area contributed by atoms with Crippen molar-refractivity contribution in [2.24, 2.45) is 0 Å². The lowest BCUT2D eigenvalue weighted by atomic mass is 10.1. The van der Waals surface area contributed by atoms with Crippen LogP contribution in [0.5, 0.6) is 0 Å². The van der Waals surface area contributed by atoms with E-state index in [1.54, 1.807) is 18.2 Å². The molecule has 0 aliphatic rings. The van der Waals surface area contributed by atoms with E-state index in [9.17, 15) is 14.3 Å². The largest absolute Gasteiger partial charge is 0.388 e. The van der Waals surface area contributed by atoms with Gasteiger partial charge in [0.25, 0.3) is 0 Å². The minimum atomic E-state index is -1.05. The van der Waals surface area contributed by atoms with E-state index in [4.69, 9.17) is 0 Å². The zero-order valence-corrected chi connectivity index (χ0v) is 11.0. The lowest BCUT2D eigenvalue weighted by Gasteiger charge is -2.11. The monoisotopic (exact) mass is 274 g/mol. The topological polar surface area (TPSA) is 62.2 Å². The lowest BCUT2D eigenvalue weighted by Crippen LogP contribution is -2.16. The molecular formula is C15H15FN2O2. The van der Waals surface area contributed by atoms with Crippen LogP contribution in [0.15, 0.2) is 42.5 Å². The Balaban J connectivity index is 1.97. The number of nitrogens with one attached hydrogen (secondary N) is 1. The third kappa shape index (κ3) is 3.86. The first-order chi connectivity index (χ1) is 9.54. The minimum Gasteiger partial charge on any atom is -0.388 e. The third-order valence-electron chi connectivity index (χ3n) is 2.77. The summed E-state index contributed by atoms with van der Waals surface area (Å²) < 4.78 is 13.0. The number of hydrogen-bond acceptors (Lipinski definition) is 3. The van der Waals surface area contributed by atoms with E-state index in [0.29, 0.717) is 11.4 Å². The van der Waals surface area contributed by atoms with E-state index in [1.807, 2.05) is 13.0 Å². The van der Waals surface area contributed by atoms with Gasteiger partial charge in [-0.05, 0) is 36.8 Å². The molecule has 2 aromatic rings. The van der Waals surface area contributed by atoms with Crippen molar-refractivity contribution in [2.75, 3.05) is 5.32 Å². The summed E-state index contributed by atoms with van der Waals surface area (Å²) in [5, 5.41) is 12.5. The number of amides is 1.